The Hall–Kier alpha value is -1.66. The number of hydrogen-bond donors (Lipinski definition) is 3. The maximum absolute atomic E-state index is 13.1. The fraction of sp³-hybridized carbons (Fsp3) is 0.878. The summed E-state index contributed by atoms with van der Waals surface area (Å²) in [5, 5.41) is 23.7. The number of aliphatic hydroxyl groups excluding tert-OH is 2. The number of esters is 1. The number of allylic oxidation sites excluding steroid dienone is 4. The Morgan fingerprint density at radius 1 is 0.509 bits per heavy atom. The second-order valence-electron chi connectivity index (χ2n) is 16.5. The standard InChI is InChI=1S/C49H93NO5/c1-4-7-10-13-16-19-22-24-25-26-28-31-34-37-40-45(55-49(54)42-39-36-33-30-21-18-15-12-9-6-3)43-48(53)50-46(44-51)47(52)41-38-35-32-29-27-23-20-17-14-11-8-5-2/h12,15,25-26,45-47,51-52H,4-11,13-14,16-24,27-44H2,1-3H3,(H,50,53)/b15-12-,26-25+. The van der Waals surface area contributed by atoms with E-state index in [1.165, 1.54) is 128 Å². The Morgan fingerprint density at radius 3 is 1.38 bits per heavy atom. The second-order valence-corrected chi connectivity index (χ2v) is 16.5. The van der Waals surface area contributed by atoms with Gasteiger partial charge in [0.2, 0.25) is 5.91 Å². The van der Waals surface area contributed by atoms with E-state index in [0.717, 1.165) is 77.0 Å². The maximum atomic E-state index is 13.1. The maximum Gasteiger partial charge on any atom is 0.306 e. The molecule has 0 saturated carbocycles. The molecule has 55 heavy (non-hydrogen) atoms. The summed E-state index contributed by atoms with van der Waals surface area (Å²) in [6, 6.07) is -0.702. The summed E-state index contributed by atoms with van der Waals surface area (Å²) in [4.78, 5) is 26.0. The van der Waals surface area contributed by atoms with Crippen molar-refractivity contribution in [2.75, 3.05) is 6.61 Å². The highest BCUT2D eigenvalue weighted by atomic mass is 16.5. The lowest BCUT2D eigenvalue weighted by atomic mass is 10.0. The zero-order valence-corrected chi connectivity index (χ0v) is 36.8. The summed E-state index contributed by atoms with van der Waals surface area (Å²) in [7, 11) is 0. The van der Waals surface area contributed by atoms with Crippen molar-refractivity contribution in [1.29, 1.82) is 0 Å². The molecule has 0 aromatic heterocycles. The molecule has 0 fully saturated rings. The van der Waals surface area contributed by atoms with Crippen LogP contribution in [-0.4, -0.2) is 46.9 Å². The van der Waals surface area contributed by atoms with Crippen molar-refractivity contribution >= 4 is 11.9 Å². The summed E-state index contributed by atoms with van der Waals surface area (Å²) < 4.78 is 5.89. The van der Waals surface area contributed by atoms with E-state index in [2.05, 4.69) is 50.4 Å². The summed E-state index contributed by atoms with van der Waals surface area (Å²) in [5.74, 6) is -0.494. The summed E-state index contributed by atoms with van der Waals surface area (Å²) in [6.45, 7) is 6.41. The van der Waals surface area contributed by atoms with E-state index < -0.39 is 18.2 Å². The molecule has 3 N–H and O–H groups in total. The van der Waals surface area contributed by atoms with Gasteiger partial charge in [-0.1, -0.05) is 193 Å². The van der Waals surface area contributed by atoms with E-state index in [9.17, 15) is 19.8 Å². The van der Waals surface area contributed by atoms with Crippen LogP contribution in [0.3, 0.4) is 0 Å². The van der Waals surface area contributed by atoms with Crippen LogP contribution >= 0.6 is 0 Å². The molecule has 0 radical (unpaired) electrons. The summed E-state index contributed by atoms with van der Waals surface area (Å²) >= 11 is 0. The number of carbonyl (C=O) groups excluding carboxylic acids is 2. The van der Waals surface area contributed by atoms with Gasteiger partial charge in [0.15, 0.2) is 0 Å². The van der Waals surface area contributed by atoms with Crippen molar-refractivity contribution in [3.8, 4) is 0 Å². The van der Waals surface area contributed by atoms with Crippen molar-refractivity contribution in [3.05, 3.63) is 24.3 Å². The summed E-state index contributed by atoms with van der Waals surface area (Å²) in [5.41, 5.74) is 0. The molecular formula is C49H93NO5. The van der Waals surface area contributed by atoms with Gasteiger partial charge in [-0.2, -0.15) is 0 Å². The molecule has 6 nitrogen and oxygen atoms in total. The molecule has 0 aliphatic rings. The Balaban J connectivity index is 4.59. The minimum absolute atomic E-state index is 0.0669. The molecule has 0 aromatic carbocycles. The van der Waals surface area contributed by atoms with Gasteiger partial charge in [0.05, 0.1) is 25.2 Å². The zero-order chi connectivity index (χ0) is 40.3. The highest BCUT2D eigenvalue weighted by Crippen LogP contribution is 2.17. The van der Waals surface area contributed by atoms with Crippen molar-refractivity contribution in [2.24, 2.45) is 0 Å². The van der Waals surface area contributed by atoms with E-state index in [4.69, 9.17) is 4.74 Å². The lowest BCUT2D eigenvalue weighted by molar-refractivity contribution is -0.151. The van der Waals surface area contributed by atoms with Crippen LogP contribution in [0.15, 0.2) is 24.3 Å². The molecule has 0 heterocycles. The van der Waals surface area contributed by atoms with E-state index in [1.54, 1.807) is 0 Å². The van der Waals surface area contributed by atoms with Gasteiger partial charge in [-0.25, -0.2) is 0 Å². The first kappa shape index (κ1) is 53.3. The van der Waals surface area contributed by atoms with Gasteiger partial charge in [-0.05, 0) is 70.6 Å². The molecule has 6 heteroatoms. The van der Waals surface area contributed by atoms with Crippen LogP contribution in [0.5, 0.6) is 0 Å². The molecule has 0 rings (SSSR count). The molecule has 0 spiro atoms. The number of unbranched alkanes of at least 4 members (excludes halogenated alkanes) is 27. The average molecular weight is 776 g/mol. The molecule has 0 bridgehead atoms. The van der Waals surface area contributed by atoms with E-state index in [1.807, 2.05) is 0 Å². The number of aliphatic hydroxyl groups is 2. The molecule has 0 aromatic rings. The lowest BCUT2D eigenvalue weighted by Gasteiger charge is -2.24. The molecule has 0 saturated heterocycles. The SMILES string of the molecule is CCC/C=C\CCCCCCCC(=O)OC(CCCCC/C=C/CCCCCCCCC)CC(=O)NC(CO)C(O)CCCCCCCCCCCCCC. The van der Waals surface area contributed by atoms with Crippen molar-refractivity contribution < 1.29 is 24.5 Å². The Kier molecular flexibility index (Phi) is 42.2. The van der Waals surface area contributed by atoms with Gasteiger partial charge in [0.25, 0.3) is 0 Å². The fourth-order valence-electron chi connectivity index (χ4n) is 7.31. The van der Waals surface area contributed by atoms with Crippen LogP contribution in [0, 0.1) is 0 Å². The number of amides is 1. The number of rotatable bonds is 43. The first-order valence-corrected chi connectivity index (χ1v) is 24.1. The van der Waals surface area contributed by atoms with E-state index in [0.29, 0.717) is 19.3 Å². The third kappa shape index (κ3) is 39.0. The van der Waals surface area contributed by atoms with E-state index >= 15 is 0 Å². The summed E-state index contributed by atoms with van der Waals surface area (Å²) in [6.07, 6.45) is 48.1. The monoisotopic (exact) mass is 776 g/mol. The van der Waals surface area contributed by atoms with Crippen LogP contribution in [-0.2, 0) is 14.3 Å². The topological polar surface area (TPSA) is 95.9 Å². The number of ether oxygens (including phenoxy) is 1. The zero-order valence-electron chi connectivity index (χ0n) is 36.8. The Labute approximate surface area is 341 Å². The van der Waals surface area contributed by atoms with Gasteiger partial charge < -0.3 is 20.3 Å². The highest BCUT2D eigenvalue weighted by Gasteiger charge is 2.24. The van der Waals surface area contributed by atoms with Gasteiger partial charge in [0, 0.05) is 6.42 Å². The molecule has 3 unspecified atom stereocenters. The molecule has 0 aliphatic carbocycles. The van der Waals surface area contributed by atoms with Crippen LogP contribution in [0.25, 0.3) is 0 Å². The van der Waals surface area contributed by atoms with Gasteiger partial charge in [-0.15, -0.1) is 0 Å². The first-order valence-electron chi connectivity index (χ1n) is 24.1. The van der Waals surface area contributed by atoms with Crippen molar-refractivity contribution in [2.45, 2.75) is 270 Å². The predicted molar refractivity (Wildman–Crippen MR) is 236 cm³/mol. The minimum atomic E-state index is -0.788. The Morgan fingerprint density at radius 2 is 0.909 bits per heavy atom. The number of hydrogen-bond acceptors (Lipinski definition) is 5. The molecular weight excluding hydrogens is 683 g/mol. The van der Waals surface area contributed by atoms with Crippen LogP contribution in [0.4, 0.5) is 0 Å². The van der Waals surface area contributed by atoms with E-state index in [-0.39, 0.29) is 24.9 Å². The number of carbonyl (C=O) groups is 2. The van der Waals surface area contributed by atoms with Gasteiger partial charge in [0.1, 0.15) is 6.10 Å². The van der Waals surface area contributed by atoms with Crippen LogP contribution in [0.1, 0.15) is 252 Å². The Bertz CT molecular complexity index is 873. The third-order valence-electron chi connectivity index (χ3n) is 11.0. The van der Waals surface area contributed by atoms with Crippen molar-refractivity contribution in [3.63, 3.8) is 0 Å². The third-order valence-corrected chi connectivity index (χ3v) is 11.0. The second kappa shape index (κ2) is 43.5. The molecule has 3 atom stereocenters. The van der Waals surface area contributed by atoms with Crippen molar-refractivity contribution in [1.82, 2.24) is 5.32 Å². The largest absolute Gasteiger partial charge is 0.462 e. The number of nitrogens with one attached hydrogen (secondary N) is 1. The average Bonchev–Trinajstić information content (AvgIpc) is 3.18. The molecule has 324 valence electrons. The van der Waals surface area contributed by atoms with Crippen LogP contribution in [0.2, 0.25) is 0 Å². The minimum Gasteiger partial charge on any atom is -0.462 e. The van der Waals surface area contributed by atoms with Crippen LogP contribution < -0.4 is 5.32 Å². The smallest absolute Gasteiger partial charge is 0.306 e. The lowest BCUT2D eigenvalue weighted by Crippen LogP contribution is -2.46. The first-order chi connectivity index (χ1) is 27.0. The highest BCUT2D eigenvalue weighted by molar-refractivity contribution is 5.77. The quantitative estimate of drug-likeness (QED) is 0.0326. The molecule has 0 aliphatic heterocycles. The van der Waals surface area contributed by atoms with Gasteiger partial charge in [-0.3, -0.25) is 9.59 Å². The predicted octanol–water partition coefficient (Wildman–Crippen LogP) is 14.0. The van der Waals surface area contributed by atoms with Gasteiger partial charge >= 0.3 is 5.97 Å². The fourth-order valence-corrected chi connectivity index (χ4v) is 7.31. The normalized spacial score (nSPS) is 13.5. The molecule has 1 amide bonds.